The number of nitrogens with one attached hydrogen (secondary N) is 1. The lowest BCUT2D eigenvalue weighted by molar-refractivity contribution is 0.0602. The summed E-state index contributed by atoms with van der Waals surface area (Å²) >= 11 is 0. The van der Waals surface area contributed by atoms with E-state index in [1.165, 1.54) is 7.11 Å². The quantitative estimate of drug-likeness (QED) is 0.609. The summed E-state index contributed by atoms with van der Waals surface area (Å²) in [6.07, 6.45) is 2.20. The maximum atomic E-state index is 11.5. The highest BCUT2D eigenvalue weighted by molar-refractivity contribution is 5.96. The number of carbonyl (C=O) groups excluding carboxylic acids is 1. The van der Waals surface area contributed by atoms with Gasteiger partial charge in [-0.25, -0.2) is 4.79 Å². The van der Waals surface area contributed by atoms with Gasteiger partial charge >= 0.3 is 5.97 Å². The maximum absolute atomic E-state index is 11.5. The van der Waals surface area contributed by atoms with E-state index in [0.29, 0.717) is 17.3 Å². The van der Waals surface area contributed by atoms with Gasteiger partial charge in [0.1, 0.15) is 0 Å². The summed E-state index contributed by atoms with van der Waals surface area (Å²) in [5.41, 5.74) is 7.46. The minimum absolute atomic E-state index is 0.370. The lowest BCUT2D eigenvalue weighted by Gasteiger charge is -2.15. The number of esters is 1. The summed E-state index contributed by atoms with van der Waals surface area (Å²) in [5.74, 6) is -0.408. The van der Waals surface area contributed by atoms with Gasteiger partial charge in [0.25, 0.3) is 0 Å². The van der Waals surface area contributed by atoms with Crippen molar-refractivity contribution in [1.29, 1.82) is 0 Å². The van der Waals surface area contributed by atoms with Crippen LogP contribution in [0.3, 0.4) is 0 Å². The molecule has 0 radical (unpaired) electrons. The van der Waals surface area contributed by atoms with Crippen LogP contribution in [0, 0.1) is 0 Å². The molecule has 1 aromatic rings. The number of methoxy groups -OCH3 is 1. The molecular formula is C13H20N2O2. The Morgan fingerprint density at radius 1 is 1.53 bits per heavy atom. The Hall–Kier alpha value is -1.71. The lowest BCUT2D eigenvalue weighted by Crippen LogP contribution is -2.15. The Morgan fingerprint density at radius 3 is 2.82 bits per heavy atom. The molecular weight excluding hydrogens is 216 g/mol. The molecule has 94 valence electrons. The van der Waals surface area contributed by atoms with E-state index < -0.39 is 5.97 Å². The predicted molar refractivity (Wildman–Crippen MR) is 70.2 cm³/mol. The highest BCUT2D eigenvalue weighted by Crippen LogP contribution is 2.19. The van der Waals surface area contributed by atoms with Crippen LogP contribution in [0.1, 0.15) is 37.0 Å². The topological polar surface area (TPSA) is 64.3 Å². The number of carbonyl (C=O) groups is 1. The highest BCUT2D eigenvalue weighted by Gasteiger charge is 2.11. The zero-order valence-electron chi connectivity index (χ0n) is 10.6. The van der Waals surface area contributed by atoms with Gasteiger partial charge in [0.15, 0.2) is 0 Å². The Balaban J connectivity index is 2.85. The first kappa shape index (κ1) is 13.4. The molecule has 1 atom stereocenters. The normalized spacial score (nSPS) is 11.9. The van der Waals surface area contributed by atoms with Gasteiger partial charge in [-0.15, -0.1) is 0 Å². The van der Waals surface area contributed by atoms with Gasteiger partial charge in [0, 0.05) is 17.4 Å². The Kier molecular flexibility index (Phi) is 4.82. The average molecular weight is 236 g/mol. The van der Waals surface area contributed by atoms with E-state index in [2.05, 4.69) is 23.9 Å². The molecule has 0 spiro atoms. The van der Waals surface area contributed by atoms with Gasteiger partial charge in [-0.05, 0) is 31.5 Å². The number of hydrogen-bond donors (Lipinski definition) is 2. The fourth-order valence-electron chi connectivity index (χ4n) is 1.72. The van der Waals surface area contributed by atoms with E-state index in [4.69, 9.17) is 5.73 Å². The van der Waals surface area contributed by atoms with Crippen LogP contribution in [-0.2, 0) is 4.74 Å². The summed E-state index contributed by atoms with van der Waals surface area (Å²) in [5, 5.41) is 3.33. The second kappa shape index (κ2) is 6.13. The van der Waals surface area contributed by atoms with Crippen LogP contribution in [0.5, 0.6) is 0 Å². The zero-order valence-corrected chi connectivity index (χ0v) is 10.6. The van der Waals surface area contributed by atoms with Crippen LogP contribution in [-0.4, -0.2) is 19.1 Å². The minimum Gasteiger partial charge on any atom is -0.465 e. The van der Waals surface area contributed by atoms with Crippen molar-refractivity contribution < 1.29 is 9.53 Å². The first-order valence-corrected chi connectivity index (χ1v) is 5.82. The molecule has 0 heterocycles. The van der Waals surface area contributed by atoms with Crippen LogP contribution >= 0.6 is 0 Å². The molecule has 1 aromatic carbocycles. The van der Waals surface area contributed by atoms with Crippen molar-refractivity contribution in [3.8, 4) is 0 Å². The van der Waals surface area contributed by atoms with Crippen LogP contribution in [0.2, 0.25) is 0 Å². The third kappa shape index (κ3) is 3.66. The van der Waals surface area contributed by atoms with Crippen LogP contribution < -0.4 is 11.1 Å². The van der Waals surface area contributed by atoms with E-state index in [9.17, 15) is 4.79 Å². The summed E-state index contributed by atoms with van der Waals surface area (Å²) in [7, 11) is 1.35. The fourth-order valence-corrected chi connectivity index (χ4v) is 1.72. The molecule has 4 nitrogen and oxygen atoms in total. The SMILES string of the molecule is CCCC(C)Nc1ccc(N)c(C(=O)OC)c1. The first-order chi connectivity index (χ1) is 8.08. The van der Waals surface area contributed by atoms with Crippen molar-refractivity contribution in [3.63, 3.8) is 0 Å². The van der Waals surface area contributed by atoms with Gasteiger partial charge in [-0.1, -0.05) is 13.3 Å². The molecule has 0 fully saturated rings. The minimum atomic E-state index is -0.408. The summed E-state index contributed by atoms with van der Waals surface area (Å²) in [6, 6.07) is 5.68. The Morgan fingerprint density at radius 2 is 2.24 bits per heavy atom. The van der Waals surface area contributed by atoms with Crippen LogP contribution in [0.15, 0.2) is 18.2 Å². The van der Waals surface area contributed by atoms with E-state index in [1.54, 1.807) is 12.1 Å². The molecule has 0 aliphatic heterocycles. The third-order valence-electron chi connectivity index (χ3n) is 2.59. The van der Waals surface area contributed by atoms with Crippen molar-refractivity contribution >= 4 is 17.3 Å². The molecule has 4 heteroatoms. The first-order valence-electron chi connectivity index (χ1n) is 5.82. The molecule has 0 aliphatic rings. The molecule has 0 aliphatic carbocycles. The smallest absolute Gasteiger partial charge is 0.340 e. The molecule has 1 unspecified atom stereocenters. The Labute approximate surface area is 102 Å². The number of nitrogens with two attached hydrogens (primary N) is 1. The van der Waals surface area contributed by atoms with Crippen molar-refractivity contribution in [3.05, 3.63) is 23.8 Å². The predicted octanol–water partition coefficient (Wildman–Crippen LogP) is 2.66. The third-order valence-corrected chi connectivity index (χ3v) is 2.59. The number of hydrogen-bond acceptors (Lipinski definition) is 4. The van der Waals surface area contributed by atoms with Gasteiger partial charge < -0.3 is 15.8 Å². The average Bonchev–Trinajstić information content (AvgIpc) is 2.31. The number of benzene rings is 1. The highest BCUT2D eigenvalue weighted by atomic mass is 16.5. The Bertz CT molecular complexity index is 391. The monoisotopic (exact) mass is 236 g/mol. The molecule has 1 rings (SSSR count). The lowest BCUT2D eigenvalue weighted by atomic mass is 10.1. The van der Waals surface area contributed by atoms with E-state index in [1.807, 2.05) is 6.07 Å². The number of ether oxygens (including phenoxy) is 1. The second-order valence-electron chi connectivity index (χ2n) is 4.13. The van der Waals surface area contributed by atoms with E-state index >= 15 is 0 Å². The van der Waals surface area contributed by atoms with E-state index in [-0.39, 0.29) is 0 Å². The van der Waals surface area contributed by atoms with Crippen LogP contribution in [0.4, 0.5) is 11.4 Å². The molecule has 0 saturated carbocycles. The van der Waals surface area contributed by atoms with Crippen molar-refractivity contribution in [2.45, 2.75) is 32.7 Å². The summed E-state index contributed by atoms with van der Waals surface area (Å²) < 4.78 is 4.68. The molecule has 17 heavy (non-hydrogen) atoms. The summed E-state index contributed by atoms with van der Waals surface area (Å²) in [6.45, 7) is 4.25. The molecule has 0 aromatic heterocycles. The molecule has 0 amide bonds. The van der Waals surface area contributed by atoms with Gasteiger partial charge in [-0.2, -0.15) is 0 Å². The standard InChI is InChI=1S/C13H20N2O2/c1-4-5-9(2)15-10-6-7-12(14)11(8-10)13(16)17-3/h6-9,15H,4-5,14H2,1-3H3. The van der Waals surface area contributed by atoms with Gasteiger partial charge in [0.05, 0.1) is 12.7 Å². The zero-order chi connectivity index (χ0) is 12.8. The molecule has 0 saturated heterocycles. The second-order valence-corrected chi connectivity index (χ2v) is 4.13. The number of rotatable bonds is 5. The van der Waals surface area contributed by atoms with Crippen molar-refractivity contribution in [2.24, 2.45) is 0 Å². The number of anilines is 2. The summed E-state index contributed by atoms with van der Waals surface area (Å²) in [4.78, 5) is 11.5. The number of nitrogen functional groups attached to an aromatic ring is 1. The largest absolute Gasteiger partial charge is 0.465 e. The van der Waals surface area contributed by atoms with Gasteiger partial charge in [-0.3, -0.25) is 0 Å². The van der Waals surface area contributed by atoms with Gasteiger partial charge in [0.2, 0.25) is 0 Å². The molecule has 0 bridgehead atoms. The van der Waals surface area contributed by atoms with Crippen molar-refractivity contribution in [2.75, 3.05) is 18.2 Å². The fraction of sp³-hybridized carbons (Fsp3) is 0.462. The van der Waals surface area contributed by atoms with Crippen LogP contribution in [0.25, 0.3) is 0 Å². The molecule has 3 N–H and O–H groups in total. The van der Waals surface area contributed by atoms with E-state index in [0.717, 1.165) is 18.5 Å². The maximum Gasteiger partial charge on any atom is 0.340 e. The van der Waals surface area contributed by atoms with Crippen molar-refractivity contribution in [1.82, 2.24) is 0 Å².